The van der Waals surface area contributed by atoms with Gasteiger partial charge < -0.3 is 35.2 Å². The number of nitrogens with one attached hydrogen (secondary N) is 2. The summed E-state index contributed by atoms with van der Waals surface area (Å²) in [5.74, 6) is 0. The van der Waals surface area contributed by atoms with Gasteiger partial charge in [0.25, 0.3) is 0 Å². The standard InChI is InChI=1S/C17H31N3O5/c1-2-10-24-13-15(21)5-3-4-11-25-14-16(22)12-18-6-8-20-9-7-19-17(20)23/h2-4,15-16,18,21-22H,1,5-14H2,(H,19,23)/b4-3+. The van der Waals surface area contributed by atoms with Crippen LogP contribution in [0.15, 0.2) is 24.8 Å². The van der Waals surface area contributed by atoms with Gasteiger partial charge in [-0.1, -0.05) is 18.2 Å². The van der Waals surface area contributed by atoms with Gasteiger partial charge in [-0.15, -0.1) is 6.58 Å². The molecule has 144 valence electrons. The molecule has 0 aliphatic carbocycles. The number of aliphatic hydroxyl groups excluding tert-OH is 2. The molecular formula is C17H31N3O5. The van der Waals surface area contributed by atoms with Gasteiger partial charge in [0.15, 0.2) is 0 Å². The maximum Gasteiger partial charge on any atom is 0.317 e. The number of hydrogen-bond donors (Lipinski definition) is 4. The van der Waals surface area contributed by atoms with Gasteiger partial charge in [-0.25, -0.2) is 4.79 Å². The van der Waals surface area contributed by atoms with Crippen LogP contribution in [0.5, 0.6) is 0 Å². The van der Waals surface area contributed by atoms with Crippen LogP contribution in [0.25, 0.3) is 0 Å². The maximum atomic E-state index is 11.3. The third-order valence-electron chi connectivity index (χ3n) is 3.53. The van der Waals surface area contributed by atoms with E-state index >= 15 is 0 Å². The van der Waals surface area contributed by atoms with E-state index in [1.165, 1.54) is 0 Å². The normalized spacial score (nSPS) is 17.0. The van der Waals surface area contributed by atoms with Crippen molar-refractivity contribution in [1.29, 1.82) is 0 Å². The fourth-order valence-corrected chi connectivity index (χ4v) is 2.22. The van der Waals surface area contributed by atoms with E-state index in [-0.39, 0.29) is 19.2 Å². The van der Waals surface area contributed by atoms with E-state index < -0.39 is 12.2 Å². The van der Waals surface area contributed by atoms with Gasteiger partial charge in [0, 0.05) is 32.7 Å². The molecule has 8 heteroatoms. The molecule has 1 saturated heterocycles. The number of amides is 2. The first kappa shape index (κ1) is 21.6. The zero-order valence-corrected chi connectivity index (χ0v) is 14.7. The van der Waals surface area contributed by atoms with Crippen molar-refractivity contribution in [2.24, 2.45) is 0 Å². The molecule has 25 heavy (non-hydrogen) atoms. The number of rotatable bonds is 15. The molecule has 2 unspecified atom stereocenters. The van der Waals surface area contributed by atoms with Crippen molar-refractivity contribution < 1.29 is 24.5 Å². The highest BCUT2D eigenvalue weighted by Crippen LogP contribution is 1.96. The van der Waals surface area contributed by atoms with Gasteiger partial charge in [0.2, 0.25) is 0 Å². The third kappa shape index (κ3) is 10.9. The Morgan fingerprint density at radius 1 is 1.24 bits per heavy atom. The minimum absolute atomic E-state index is 0.0325. The van der Waals surface area contributed by atoms with Gasteiger partial charge in [-0.3, -0.25) is 0 Å². The first-order valence-corrected chi connectivity index (χ1v) is 8.64. The van der Waals surface area contributed by atoms with Gasteiger partial charge in [0.1, 0.15) is 0 Å². The summed E-state index contributed by atoms with van der Waals surface area (Å²) in [7, 11) is 0. The molecule has 4 N–H and O–H groups in total. The topological polar surface area (TPSA) is 103 Å². The predicted octanol–water partition coefficient (Wildman–Crippen LogP) is -0.511. The van der Waals surface area contributed by atoms with E-state index in [0.717, 1.165) is 6.54 Å². The highest BCUT2D eigenvalue weighted by molar-refractivity contribution is 5.76. The Bertz CT molecular complexity index is 406. The van der Waals surface area contributed by atoms with Gasteiger partial charge in [0.05, 0.1) is 38.6 Å². The molecule has 1 heterocycles. The summed E-state index contributed by atoms with van der Waals surface area (Å²) in [5.41, 5.74) is 0. The Labute approximate surface area is 149 Å². The van der Waals surface area contributed by atoms with Gasteiger partial charge in [-0.2, -0.15) is 0 Å². The number of hydrogen-bond acceptors (Lipinski definition) is 6. The number of urea groups is 1. The van der Waals surface area contributed by atoms with Crippen molar-refractivity contribution in [2.75, 3.05) is 59.2 Å². The zero-order chi connectivity index (χ0) is 18.3. The van der Waals surface area contributed by atoms with Crippen molar-refractivity contribution in [3.63, 3.8) is 0 Å². The first-order valence-electron chi connectivity index (χ1n) is 8.64. The Morgan fingerprint density at radius 2 is 2.00 bits per heavy atom. The summed E-state index contributed by atoms with van der Waals surface area (Å²) in [4.78, 5) is 13.1. The predicted molar refractivity (Wildman–Crippen MR) is 95.4 cm³/mol. The Balaban J connectivity index is 1.92. The van der Waals surface area contributed by atoms with Crippen LogP contribution in [0, 0.1) is 0 Å². The number of nitrogens with zero attached hydrogens (tertiary/aromatic N) is 1. The molecule has 0 saturated carbocycles. The minimum Gasteiger partial charge on any atom is -0.390 e. The van der Waals surface area contributed by atoms with E-state index in [4.69, 9.17) is 9.47 Å². The van der Waals surface area contributed by atoms with Gasteiger partial charge >= 0.3 is 6.03 Å². The van der Waals surface area contributed by atoms with Crippen molar-refractivity contribution >= 4 is 6.03 Å². The lowest BCUT2D eigenvalue weighted by Crippen LogP contribution is -2.38. The van der Waals surface area contributed by atoms with Gasteiger partial charge in [-0.05, 0) is 6.42 Å². The molecular weight excluding hydrogens is 326 g/mol. The first-order chi connectivity index (χ1) is 12.1. The quantitative estimate of drug-likeness (QED) is 0.232. The van der Waals surface area contributed by atoms with E-state index in [0.29, 0.717) is 45.8 Å². The van der Waals surface area contributed by atoms with Crippen molar-refractivity contribution in [2.45, 2.75) is 18.6 Å². The SMILES string of the molecule is C=CCOCC(O)C/C=C/COCC(O)CNCCN1CCNC1=O. The fraction of sp³-hybridized carbons (Fsp3) is 0.706. The van der Waals surface area contributed by atoms with Crippen molar-refractivity contribution in [3.8, 4) is 0 Å². The lowest BCUT2D eigenvalue weighted by Gasteiger charge is -2.16. The molecule has 2 amide bonds. The maximum absolute atomic E-state index is 11.3. The summed E-state index contributed by atoms with van der Waals surface area (Å²) in [6.45, 7) is 7.95. The Hall–Kier alpha value is -1.45. The fourth-order valence-electron chi connectivity index (χ4n) is 2.22. The summed E-state index contributed by atoms with van der Waals surface area (Å²) in [6.07, 6.45) is 4.63. The monoisotopic (exact) mass is 357 g/mol. The second-order valence-electron chi connectivity index (χ2n) is 5.80. The molecule has 1 rings (SSSR count). The van der Waals surface area contributed by atoms with E-state index in [9.17, 15) is 15.0 Å². The molecule has 0 aromatic rings. The third-order valence-corrected chi connectivity index (χ3v) is 3.53. The molecule has 2 atom stereocenters. The lowest BCUT2D eigenvalue weighted by molar-refractivity contribution is 0.0473. The van der Waals surface area contributed by atoms with Crippen LogP contribution < -0.4 is 10.6 Å². The van der Waals surface area contributed by atoms with Crippen LogP contribution in [0.1, 0.15) is 6.42 Å². The van der Waals surface area contributed by atoms with E-state index in [1.54, 1.807) is 11.0 Å². The summed E-state index contributed by atoms with van der Waals surface area (Å²) < 4.78 is 10.5. The lowest BCUT2D eigenvalue weighted by atomic mass is 10.2. The zero-order valence-electron chi connectivity index (χ0n) is 14.7. The smallest absolute Gasteiger partial charge is 0.317 e. The molecule has 8 nitrogen and oxygen atoms in total. The number of ether oxygens (including phenoxy) is 2. The van der Waals surface area contributed by atoms with Crippen LogP contribution in [-0.2, 0) is 9.47 Å². The second-order valence-corrected chi connectivity index (χ2v) is 5.80. The largest absolute Gasteiger partial charge is 0.390 e. The van der Waals surface area contributed by atoms with Crippen LogP contribution in [0.4, 0.5) is 4.79 Å². The molecule has 0 aromatic carbocycles. The average molecular weight is 357 g/mol. The van der Waals surface area contributed by atoms with Crippen LogP contribution >= 0.6 is 0 Å². The Kier molecular flexibility index (Phi) is 11.9. The van der Waals surface area contributed by atoms with E-state index in [1.807, 2.05) is 12.2 Å². The van der Waals surface area contributed by atoms with Crippen molar-refractivity contribution in [1.82, 2.24) is 15.5 Å². The molecule has 1 aliphatic rings. The molecule has 0 spiro atoms. The van der Waals surface area contributed by atoms with Crippen LogP contribution in [0.2, 0.25) is 0 Å². The number of carbonyl (C=O) groups excluding carboxylic acids is 1. The second kappa shape index (κ2) is 13.8. The summed E-state index contributed by atoms with van der Waals surface area (Å²) in [6, 6.07) is -0.0325. The molecule has 0 aromatic heterocycles. The van der Waals surface area contributed by atoms with Crippen LogP contribution in [0.3, 0.4) is 0 Å². The summed E-state index contributed by atoms with van der Waals surface area (Å²) in [5, 5.41) is 25.2. The van der Waals surface area contributed by atoms with E-state index in [2.05, 4.69) is 17.2 Å². The average Bonchev–Trinajstić information content (AvgIpc) is 3.00. The number of carbonyl (C=O) groups is 1. The Morgan fingerprint density at radius 3 is 2.72 bits per heavy atom. The van der Waals surface area contributed by atoms with Crippen molar-refractivity contribution in [3.05, 3.63) is 24.8 Å². The highest BCUT2D eigenvalue weighted by atomic mass is 16.5. The molecule has 0 radical (unpaired) electrons. The number of aliphatic hydroxyl groups is 2. The molecule has 1 fully saturated rings. The molecule has 0 bridgehead atoms. The summed E-state index contributed by atoms with van der Waals surface area (Å²) >= 11 is 0. The molecule has 1 aliphatic heterocycles. The highest BCUT2D eigenvalue weighted by Gasteiger charge is 2.18. The van der Waals surface area contributed by atoms with Crippen LogP contribution in [-0.4, -0.2) is 92.5 Å². The minimum atomic E-state index is -0.598.